The van der Waals surface area contributed by atoms with Crippen LogP contribution in [0.3, 0.4) is 0 Å². The highest BCUT2D eigenvalue weighted by Crippen LogP contribution is 2.29. The van der Waals surface area contributed by atoms with Crippen molar-refractivity contribution in [3.63, 3.8) is 0 Å². The summed E-state index contributed by atoms with van der Waals surface area (Å²) < 4.78 is 6.77. The third kappa shape index (κ3) is 3.33. The lowest BCUT2D eigenvalue weighted by Gasteiger charge is -2.31. The highest BCUT2D eigenvalue weighted by molar-refractivity contribution is 6.31. The van der Waals surface area contributed by atoms with E-state index in [0.717, 1.165) is 18.5 Å². The van der Waals surface area contributed by atoms with E-state index in [1.165, 1.54) is 7.11 Å². The first-order chi connectivity index (χ1) is 9.35. The molecule has 2 atom stereocenters. The third-order valence-electron chi connectivity index (χ3n) is 3.75. The number of esters is 1. The van der Waals surface area contributed by atoms with Crippen molar-refractivity contribution in [1.82, 2.24) is 15.1 Å². The molecule has 1 aliphatic carbocycles. The third-order valence-corrected chi connectivity index (χ3v) is 4.12. The summed E-state index contributed by atoms with van der Waals surface area (Å²) >= 11 is 6.04. The van der Waals surface area contributed by atoms with E-state index in [4.69, 9.17) is 16.3 Å². The lowest BCUT2D eigenvalue weighted by Crippen LogP contribution is -2.52. The molecule has 0 bridgehead atoms. The summed E-state index contributed by atoms with van der Waals surface area (Å²) in [6.45, 7) is 5.79. The molecule has 0 spiro atoms. The predicted octanol–water partition coefficient (Wildman–Crippen LogP) is 2.48. The summed E-state index contributed by atoms with van der Waals surface area (Å²) in [5.41, 5.74) is 0.107. The van der Waals surface area contributed by atoms with Crippen LogP contribution >= 0.6 is 11.6 Å². The van der Waals surface area contributed by atoms with Crippen LogP contribution in [0.4, 0.5) is 0 Å². The topological polar surface area (TPSA) is 56.2 Å². The van der Waals surface area contributed by atoms with Crippen LogP contribution in [-0.2, 0) is 9.53 Å². The maximum absolute atomic E-state index is 12.1. The van der Waals surface area contributed by atoms with Crippen LogP contribution in [0.5, 0.6) is 0 Å². The fourth-order valence-electron chi connectivity index (χ4n) is 2.47. The van der Waals surface area contributed by atoms with Crippen LogP contribution in [0.2, 0.25) is 5.02 Å². The van der Waals surface area contributed by atoms with Crippen LogP contribution in [0.25, 0.3) is 0 Å². The summed E-state index contributed by atoms with van der Waals surface area (Å²) in [4.78, 5) is 12.1. The molecule has 2 rings (SSSR count). The molecule has 112 valence electrons. The van der Waals surface area contributed by atoms with E-state index in [2.05, 4.69) is 10.4 Å². The van der Waals surface area contributed by atoms with Crippen molar-refractivity contribution in [2.45, 2.75) is 57.7 Å². The molecule has 0 aromatic carbocycles. The van der Waals surface area contributed by atoms with Crippen molar-refractivity contribution in [3.8, 4) is 0 Å². The number of ether oxygens (including phenoxy) is 1. The number of nitrogens with one attached hydrogen (secondary N) is 1. The Morgan fingerprint density at radius 1 is 1.70 bits per heavy atom. The minimum atomic E-state index is -0.693. The number of hydrogen-bond acceptors (Lipinski definition) is 4. The Bertz CT molecular complexity index is 479. The maximum Gasteiger partial charge on any atom is 0.325 e. The van der Waals surface area contributed by atoms with Crippen LogP contribution in [0, 0.1) is 6.92 Å². The van der Waals surface area contributed by atoms with Crippen molar-refractivity contribution in [1.29, 1.82) is 0 Å². The van der Waals surface area contributed by atoms with Gasteiger partial charge in [-0.15, -0.1) is 0 Å². The minimum absolute atomic E-state index is 0.0524. The first kappa shape index (κ1) is 15.3. The number of halogens is 1. The molecule has 0 saturated heterocycles. The Morgan fingerprint density at radius 2 is 2.35 bits per heavy atom. The zero-order valence-corrected chi connectivity index (χ0v) is 13.2. The van der Waals surface area contributed by atoms with Crippen molar-refractivity contribution in [2.24, 2.45) is 0 Å². The number of aromatic nitrogens is 2. The van der Waals surface area contributed by atoms with E-state index in [-0.39, 0.29) is 12.0 Å². The molecule has 1 aliphatic rings. The average Bonchev–Trinajstić information content (AvgIpc) is 3.13. The van der Waals surface area contributed by atoms with Gasteiger partial charge in [-0.1, -0.05) is 11.6 Å². The predicted molar refractivity (Wildman–Crippen MR) is 77.9 cm³/mol. The molecule has 2 unspecified atom stereocenters. The molecular formula is C14H22ClN3O2. The Morgan fingerprint density at radius 3 is 2.80 bits per heavy atom. The standard InChI is InChI=1S/C14H22ClN3O2/c1-9(18-8-12(15)10(2)17-18)7-14(3,13(19)20-4)16-11-5-6-11/h8-9,11,16H,5-7H2,1-4H3. The van der Waals surface area contributed by atoms with Crippen molar-refractivity contribution < 1.29 is 9.53 Å². The van der Waals surface area contributed by atoms with E-state index < -0.39 is 5.54 Å². The zero-order chi connectivity index (χ0) is 14.9. The summed E-state index contributed by atoms with van der Waals surface area (Å²) in [7, 11) is 1.43. The normalized spacial score (nSPS) is 19.4. The second-order valence-corrected chi connectivity index (χ2v) is 6.25. The Balaban J connectivity index is 2.11. The van der Waals surface area contributed by atoms with Crippen molar-refractivity contribution in [2.75, 3.05) is 7.11 Å². The molecule has 0 aliphatic heterocycles. The average molecular weight is 300 g/mol. The van der Waals surface area contributed by atoms with Gasteiger partial charge in [0.25, 0.3) is 0 Å². The van der Waals surface area contributed by atoms with Gasteiger partial charge in [0.15, 0.2) is 0 Å². The fourth-order valence-corrected chi connectivity index (χ4v) is 2.61. The molecule has 20 heavy (non-hydrogen) atoms. The van der Waals surface area contributed by atoms with Gasteiger partial charge in [-0.25, -0.2) is 0 Å². The minimum Gasteiger partial charge on any atom is -0.468 e. The summed E-state index contributed by atoms with van der Waals surface area (Å²) in [6, 6.07) is 0.478. The van der Waals surface area contributed by atoms with Gasteiger partial charge in [-0.2, -0.15) is 5.10 Å². The number of rotatable bonds is 6. The highest BCUT2D eigenvalue weighted by atomic mass is 35.5. The van der Waals surface area contributed by atoms with Gasteiger partial charge in [0.2, 0.25) is 0 Å². The number of hydrogen-bond donors (Lipinski definition) is 1. The number of carbonyl (C=O) groups is 1. The molecule has 1 N–H and O–H groups in total. The monoisotopic (exact) mass is 299 g/mol. The number of carbonyl (C=O) groups excluding carboxylic acids is 1. The largest absolute Gasteiger partial charge is 0.468 e. The molecule has 1 heterocycles. The second kappa shape index (κ2) is 5.74. The lowest BCUT2D eigenvalue weighted by atomic mass is 9.93. The Hall–Kier alpha value is -1.07. The van der Waals surface area contributed by atoms with Gasteiger partial charge in [0, 0.05) is 12.2 Å². The maximum atomic E-state index is 12.1. The molecule has 1 aromatic rings. The molecule has 6 heteroatoms. The first-order valence-electron chi connectivity index (χ1n) is 6.93. The summed E-state index contributed by atoms with van der Waals surface area (Å²) in [5.74, 6) is -0.230. The quantitative estimate of drug-likeness (QED) is 0.820. The molecule has 0 amide bonds. The number of methoxy groups -OCH3 is 1. The Labute approximate surface area is 124 Å². The van der Waals surface area contributed by atoms with E-state index >= 15 is 0 Å². The van der Waals surface area contributed by atoms with E-state index in [1.807, 2.05) is 25.5 Å². The van der Waals surface area contributed by atoms with Crippen LogP contribution in [0.15, 0.2) is 6.20 Å². The van der Waals surface area contributed by atoms with E-state index in [9.17, 15) is 4.79 Å². The van der Waals surface area contributed by atoms with Crippen molar-refractivity contribution in [3.05, 3.63) is 16.9 Å². The SMILES string of the molecule is COC(=O)C(C)(CC(C)n1cc(Cl)c(C)n1)NC1CC1. The molecule has 0 radical (unpaired) electrons. The summed E-state index contributed by atoms with van der Waals surface area (Å²) in [5, 5.41) is 8.42. The smallest absolute Gasteiger partial charge is 0.325 e. The summed E-state index contributed by atoms with van der Waals surface area (Å²) in [6.07, 6.45) is 4.64. The van der Waals surface area contributed by atoms with Crippen LogP contribution in [-0.4, -0.2) is 34.4 Å². The van der Waals surface area contributed by atoms with Gasteiger partial charge in [-0.3, -0.25) is 14.8 Å². The highest BCUT2D eigenvalue weighted by Gasteiger charge is 2.40. The van der Waals surface area contributed by atoms with Gasteiger partial charge >= 0.3 is 5.97 Å². The van der Waals surface area contributed by atoms with Gasteiger partial charge < -0.3 is 4.74 Å². The second-order valence-electron chi connectivity index (χ2n) is 5.84. The van der Waals surface area contributed by atoms with Gasteiger partial charge in [0.1, 0.15) is 5.54 Å². The fraction of sp³-hybridized carbons (Fsp3) is 0.714. The van der Waals surface area contributed by atoms with Gasteiger partial charge in [0.05, 0.1) is 23.9 Å². The lowest BCUT2D eigenvalue weighted by molar-refractivity contribution is -0.148. The Kier molecular flexibility index (Phi) is 4.39. The van der Waals surface area contributed by atoms with E-state index in [0.29, 0.717) is 17.5 Å². The van der Waals surface area contributed by atoms with Crippen LogP contribution < -0.4 is 5.32 Å². The molecule has 1 saturated carbocycles. The first-order valence-corrected chi connectivity index (χ1v) is 7.31. The zero-order valence-electron chi connectivity index (χ0n) is 12.4. The van der Waals surface area contributed by atoms with Gasteiger partial charge in [-0.05, 0) is 40.0 Å². The molecular weight excluding hydrogens is 278 g/mol. The van der Waals surface area contributed by atoms with Crippen molar-refractivity contribution >= 4 is 17.6 Å². The van der Waals surface area contributed by atoms with E-state index in [1.54, 1.807) is 6.20 Å². The molecule has 1 fully saturated rings. The number of nitrogens with zero attached hydrogens (tertiary/aromatic N) is 2. The molecule has 5 nitrogen and oxygen atoms in total. The molecule has 1 aromatic heterocycles. The van der Waals surface area contributed by atoms with Crippen LogP contribution in [0.1, 0.15) is 44.8 Å². The number of aryl methyl sites for hydroxylation is 1.